The van der Waals surface area contributed by atoms with Crippen molar-refractivity contribution in [1.29, 1.82) is 0 Å². The molecule has 1 saturated heterocycles. The lowest BCUT2D eigenvalue weighted by Gasteiger charge is -2.30. The molecule has 2 N–H and O–H groups in total. The summed E-state index contributed by atoms with van der Waals surface area (Å²) in [7, 11) is 0. The Bertz CT molecular complexity index is 416. The average Bonchev–Trinajstić information content (AvgIpc) is 2.87. The van der Waals surface area contributed by atoms with Gasteiger partial charge in [0.15, 0.2) is 0 Å². The smallest absolute Gasteiger partial charge is 0.293 e. The molecule has 1 unspecified atom stereocenters. The van der Waals surface area contributed by atoms with Gasteiger partial charge in [-0.15, -0.1) is 5.10 Å². The Kier molecular flexibility index (Phi) is 3.96. The fraction of sp³-hybridized carbons (Fsp3) is 0.750. The monoisotopic (exact) mass is 252 g/mol. The lowest BCUT2D eigenvalue weighted by molar-refractivity contribution is 0.0609. The van der Waals surface area contributed by atoms with Crippen molar-refractivity contribution in [2.45, 2.75) is 32.6 Å². The maximum absolute atomic E-state index is 12.2. The van der Waals surface area contributed by atoms with Gasteiger partial charge in [0.05, 0.1) is 0 Å². The van der Waals surface area contributed by atoms with Crippen LogP contribution in [-0.2, 0) is 0 Å². The number of nitrogens with zero attached hydrogens (tertiary/aromatic N) is 3. The first-order valence-electron chi connectivity index (χ1n) is 6.44. The Morgan fingerprint density at radius 3 is 3.00 bits per heavy atom. The van der Waals surface area contributed by atoms with Gasteiger partial charge in [-0.1, -0.05) is 13.8 Å². The second kappa shape index (κ2) is 5.48. The molecule has 6 heteroatoms. The molecule has 0 bridgehead atoms. The number of H-pyrrole nitrogens is 1. The van der Waals surface area contributed by atoms with Crippen molar-refractivity contribution in [3.63, 3.8) is 0 Å². The van der Waals surface area contributed by atoms with Crippen molar-refractivity contribution < 1.29 is 9.90 Å². The van der Waals surface area contributed by atoms with Gasteiger partial charge in [-0.3, -0.25) is 9.89 Å². The molecule has 2 heterocycles. The lowest BCUT2D eigenvalue weighted by Crippen LogP contribution is -2.41. The van der Waals surface area contributed by atoms with Gasteiger partial charge in [0.2, 0.25) is 5.82 Å². The maximum atomic E-state index is 12.2. The van der Waals surface area contributed by atoms with Crippen LogP contribution < -0.4 is 0 Å². The summed E-state index contributed by atoms with van der Waals surface area (Å²) in [6.07, 6.45) is 1.91. The van der Waals surface area contributed by atoms with Crippen molar-refractivity contribution in [1.82, 2.24) is 20.1 Å². The first-order chi connectivity index (χ1) is 8.61. The Hall–Kier alpha value is -1.43. The van der Waals surface area contributed by atoms with Crippen LogP contribution >= 0.6 is 0 Å². The van der Waals surface area contributed by atoms with Crippen LogP contribution in [0.1, 0.15) is 49.1 Å². The van der Waals surface area contributed by atoms with Crippen LogP contribution in [0.4, 0.5) is 0 Å². The van der Waals surface area contributed by atoms with Crippen LogP contribution in [0.3, 0.4) is 0 Å². The molecule has 100 valence electrons. The quantitative estimate of drug-likeness (QED) is 0.832. The van der Waals surface area contributed by atoms with Crippen molar-refractivity contribution >= 4 is 5.91 Å². The van der Waals surface area contributed by atoms with E-state index in [2.05, 4.69) is 15.2 Å². The molecule has 0 aromatic carbocycles. The number of aliphatic hydroxyl groups is 1. The van der Waals surface area contributed by atoms with E-state index >= 15 is 0 Å². The molecular weight excluding hydrogens is 232 g/mol. The summed E-state index contributed by atoms with van der Waals surface area (Å²) in [6.45, 7) is 5.45. The summed E-state index contributed by atoms with van der Waals surface area (Å²) in [5.41, 5.74) is 0. The molecule has 1 fully saturated rings. The number of aromatic nitrogens is 3. The van der Waals surface area contributed by atoms with E-state index in [9.17, 15) is 4.79 Å². The summed E-state index contributed by atoms with van der Waals surface area (Å²) in [4.78, 5) is 18.1. The number of aromatic amines is 1. The van der Waals surface area contributed by atoms with Gasteiger partial charge in [0.25, 0.3) is 5.91 Å². The molecule has 1 aliphatic heterocycles. The second-order valence-electron chi connectivity index (χ2n) is 5.14. The molecule has 0 aliphatic carbocycles. The summed E-state index contributed by atoms with van der Waals surface area (Å²) >= 11 is 0. The van der Waals surface area contributed by atoms with Gasteiger partial charge in [0.1, 0.15) is 5.82 Å². The first-order valence-corrected chi connectivity index (χ1v) is 6.44. The number of likely N-dealkylation sites (tertiary alicyclic amines) is 1. The highest BCUT2D eigenvalue weighted by Gasteiger charge is 2.26. The third-order valence-electron chi connectivity index (χ3n) is 3.31. The molecule has 1 amide bonds. The third-order valence-corrected chi connectivity index (χ3v) is 3.31. The molecule has 1 aromatic rings. The normalized spacial score (nSPS) is 20.4. The number of amides is 1. The molecule has 0 saturated carbocycles. The molecular formula is C12H20N4O2. The summed E-state index contributed by atoms with van der Waals surface area (Å²) < 4.78 is 0. The van der Waals surface area contributed by atoms with E-state index in [1.54, 1.807) is 4.90 Å². The van der Waals surface area contributed by atoms with Crippen LogP contribution in [0, 0.1) is 5.92 Å². The molecule has 6 nitrogen and oxygen atoms in total. The van der Waals surface area contributed by atoms with Crippen LogP contribution in [-0.4, -0.2) is 50.8 Å². The van der Waals surface area contributed by atoms with Gasteiger partial charge in [-0.25, -0.2) is 4.98 Å². The van der Waals surface area contributed by atoms with Gasteiger partial charge in [0, 0.05) is 25.6 Å². The van der Waals surface area contributed by atoms with Crippen molar-refractivity contribution in [3.05, 3.63) is 11.6 Å². The number of carbonyl (C=O) groups excluding carboxylic acids is 1. The minimum Gasteiger partial charge on any atom is -0.396 e. The van der Waals surface area contributed by atoms with Crippen LogP contribution in [0.15, 0.2) is 0 Å². The highest BCUT2D eigenvalue weighted by Crippen LogP contribution is 2.17. The van der Waals surface area contributed by atoms with E-state index in [4.69, 9.17) is 5.11 Å². The Morgan fingerprint density at radius 2 is 2.39 bits per heavy atom. The lowest BCUT2D eigenvalue weighted by atomic mass is 9.99. The fourth-order valence-corrected chi connectivity index (χ4v) is 2.17. The molecule has 0 radical (unpaired) electrons. The summed E-state index contributed by atoms with van der Waals surface area (Å²) in [6, 6.07) is 0. The van der Waals surface area contributed by atoms with Crippen LogP contribution in [0.5, 0.6) is 0 Å². The number of rotatable bonds is 3. The Labute approximate surface area is 106 Å². The zero-order valence-corrected chi connectivity index (χ0v) is 10.9. The first kappa shape index (κ1) is 13.0. The van der Waals surface area contributed by atoms with E-state index in [1.165, 1.54) is 0 Å². The van der Waals surface area contributed by atoms with Crippen LogP contribution in [0.2, 0.25) is 0 Å². The molecule has 1 aliphatic rings. The summed E-state index contributed by atoms with van der Waals surface area (Å²) in [5, 5.41) is 15.9. The molecule has 1 atom stereocenters. The van der Waals surface area contributed by atoms with Gasteiger partial charge < -0.3 is 10.0 Å². The van der Waals surface area contributed by atoms with Crippen molar-refractivity contribution in [2.75, 3.05) is 19.7 Å². The van der Waals surface area contributed by atoms with Gasteiger partial charge in [-0.2, -0.15) is 0 Å². The van der Waals surface area contributed by atoms with Crippen molar-refractivity contribution in [3.8, 4) is 0 Å². The van der Waals surface area contributed by atoms with Crippen LogP contribution in [0.25, 0.3) is 0 Å². The van der Waals surface area contributed by atoms with E-state index in [1.807, 2.05) is 13.8 Å². The summed E-state index contributed by atoms with van der Waals surface area (Å²) in [5.74, 6) is 1.24. The number of nitrogens with one attached hydrogen (secondary N) is 1. The maximum Gasteiger partial charge on any atom is 0.293 e. The van der Waals surface area contributed by atoms with E-state index in [0.717, 1.165) is 25.2 Å². The highest BCUT2D eigenvalue weighted by atomic mass is 16.3. The largest absolute Gasteiger partial charge is 0.396 e. The minimum atomic E-state index is -0.142. The predicted octanol–water partition coefficient (Wildman–Crippen LogP) is 0.773. The van der Waals surface area contributed by atoms with E-state index < -0.39 is 0 Å². The zero-order chi connectivity index (χ0) is 13.1. The minimum absolute atomic E-state index is 0.134. The average molecular weight is 252 g/mol. The predicted molar refractivity (Wildman–Crippen MR) is 66.2 cm³/mol. The molecule has 1 aromatic heterocycles. The highest BCUT2D eigenvalue weighted by molar-refractivity contribution is 5.90. The third kappa shape index (κ3) is 2.69. The Balaban J connectivity index is 2.05. The van der Waals surface area contributed by atoms with Crippen molar-refractivity contribution in [2.24, 2.45) is 5.92 Å². The molecule has 0 spiro atoms. The van der Waals surface area contributed by atoms with E-state index in [0.29, 0.717) is 6.54 Å². The Morgan fingerprint density at radius 1 is 1.61 bits per heavy atom. The molecule has 2 rings (SSSR count). The number of aliphatic hydroxyl groups excluding tert-OH is 1. The number of piperidine rings is 1. The fourth-order valence-electron chi connectivity index (χ4n) is 2.17. The van der Waals surface area contributed by atoms with Gasteiger partial charge in [-0.05, 0) is 18.8 Å². The number of hydrogen-bond donors (Lipinski definition) is 2. The second-order valence-corrected chi connectivity index (χ2v) is 5.14. The number of carbonyl (C=O) groups is 1. The topological polar surface area (TPSA) is 82.1 Å². The van der Waals surface area contributed by atoms with Gasteiger partial charge >= 0.3 is 0 Å². The number of hydrogen-bond acceptors (Lipinski definition) is 4. The van der Waals surface area contributed by atoms with E-state index in [-0.39, 0.29) is 30.2 Å². The SMILES string of the molecule is CC(C)c1nc(C(=O)N2CCCC(CO)C2)n[nH]1. The zero-order valence-electron chi connectivity index (χ0n) is 10.9. The molecule has 18 heavy (non-hydrogen) atoms. The standard InChI is InChI=1S/C12H20N4O2/c1-8(2)10-13-11(15-14-10)12(18)16-5-3-4-9(6-16)7-17/h8-9,17H,3-7H2,1-2H3,(H,13,14,15).